The van der Waals surface area contributed by atoms with Gasteiger partial charge in [-0.05, 0) is 86.9 Å². The van der Waals surface area contributed by atoms with E-state index in [1.54, 1.807) is 56.3 Å². The van der Waals surface area contributed by atoms with Crippen LogP contribution in [0.4, 0.5) is 0 Å². The summed E-state index contributed by atoms with van der Waals surface area (Å²) < 4.78 is 0. The van der Waals surface area contributed by atoms with Crippen molar-refractivity contribution in [1.29, 1.82) is 0 Å². The molecule has 2 aromatic rings. The number of aromatic hydroxyl groups is 1. The molecule has 0 fully saturated rings. The summed E-state index contributed by atoms with van der Waals surface area (Å²) in [6.45, 7) is 4.19. The Labute approximate surface area is 269 Å². The van der Waals surface area contributed by atoms with Gasteiger partial charge in [0.25, 0.3) is 0 Å². The Balaban J connectivity index is 2.30. The van der Waals surface area contributed by atoms with E-state index in [4.69, 9.17) is 22.9 Å². The van der Waals surface area contributed by atoms with Crippen LogP contribution in [0.15, 0.2) is 47.5 Å². The maximum absolute atomic E-state index is 13.8. The third kappa shape index (κ3) is 12.7. The second kappa shape index (κ2) is 19.0. The fourth-order valence-corrected chi connectivity index (χ4v) is 4.99. The number of hydrogen-bond acceptors (Lipinski definition) is 8. The van der Waals surface area contributed by atoms with E-state index in [2.05, 4.69) is 20.9 Å². The van der Waals surface area contributed by atoms with Gasteiger partial charge in [-0.25, -0.2) is 4.79 Å². The molecule has 14 heteroatoms. The van der Waals surface area contributed by atoms with E-state index in [1.807, 2.05) is 0 Å². The lowest BCUT2D eigenvalue weighted by molar-refractivity contribution is -0.142. The quantitative estimate of drug-likeness (QED) is 0.0557. The smallest absolute Gasteiger partial charge is 0.326 e. The molecule has 14 nitrogen and oxygen atoms in total. The van der Waals surface area contributed by atoms with E-state index in [0.29, 0.717) is 36.9 Å². The number of nitrogens with zero attached hydrogens (tertiary/aromatic N) is 1. The molecule has 0 unspecified atom stereocenters. The molecule has 0 aliphatic rings. The number of nitrogens with two attached hydrogens (primary N) is 4. The van der Waals surface area contributed by atoms with Crippen LogP contribution in [-0.4, -0.2) is 77.1 Å². The Morgan fingerprint density at radius 1 is 0.804 bits per heavy atom. The van der Waals surface area contributed by atoms with E-state index in [9.17, 15) is 29.4 Å². The van der Waals surface area contributed by atoms with E-state index >= 15 is 0 Å². The number of carboxylic acids is 1. The summed E-state index contributed by atoms with van der Waals surface area (Å²) in [5.41, 5.74) is 25.3. The largest absolute Gasteiger partial charge is 0.508 e. The molecule has 0 spiro atoms. The number of carbonyl (C=O) groups excluding carboxylic acids is 3. The van der Waals surface area contributed by atoms with Gasteiger partial charge in [0.1, 0.15) is 23.9 Å². The molecule has 13 N–H and O–H groups in total. The summed E-state index contributed by atoms with van der Waals surface area (Å²) in [7, 11) is 0. The van der Waals surface area contributed by atoms with Gasteiger partial charge in [0.15, 0.2) is 5.96 Å². The number of guanidine groups is 1. The van der Waals surface area contributed by atoms with Crippen molar-refractivity contribution in [3.8, 4) is 5.75 Å². The lowest BCUT2D eigenvalue weighted by atomic mass is 9.95. The van der Waals surface area contributed by atoms with Gasteiger partial charge in [-0.3, -0.25) is 19.4 Å². The van der Waals surface area contributed by atoms with Crippen LogP contribution in [0.25, 0.3) is 0 Å². The molecule has 0 aliphatic heterocycles. The number of unbranched alkanes of at least 4 members (excludes halogenated alkanes) is 1. The molecular formula is C32H48N8O6. The minimum atomic E-state index is -1.24. The van der Waals surface area contributed by atoms with Crippen LogP contribution in [0, 0.1) is 13.8 Å². The van der Waals surface area contributed by atoms with Crippen molar-refractivity contribution in [2.45, 2.75) is 83.0 Å². The normalized spacial score (nSPS) is 13.5. The van der Waals surface area contributed by atoms with E-state index < -0.39 is 47.9 Å². The Morgan fingerprint density at radius 3 is 1.98 bits per heavy atom. The first-order chi connectivity index (χ1) is 21.8. The van der Waals surface area contributed by atoms with Gasteiger partial charge in [-0.1, -0.05) is 30.3 Å². The number of benzene rings is 2. The zero-order valence-corrected chi connectivity index (χ0v) is 26.5. The van der Waals surface area contributed by atoms with Gasteiger partial charge >= 0.3 is 5.97 Å². The Morgan fingerprint density at radius 2 is 1.39 bits per heavy atom. The molecule has 3 amide bonds. The van der Waals surface area contributed by atoms with Gasteiger partial charge in [-0.15, -0.1) is 0 Å². The summed E-state index contributed by atoms with van der Waals surface area (Å²) in [6.07, 6.45) is 2.01. The highest BCUT2D eigenvalue weighted by atomic mass is 16.4. The highest BCUT2D eigenvalue weighted by Crippen LogP contribution is 2.22. The number of rotatable bonds is 19. The first-order valence-corrected chi connectivity index (χ1v) is 15.3. The average Bonchev–Trinajstić information content (AvgIpc) is 2.99. The van der Waals surface area contributed by atoms with E-state index in [0.717, 1.165) is 11.1 Å². The number of hydrogen-bond donors (Lipinski definition) is 9. The standard InChI is InChI=1S/C32H48N8O6/c1-19-15-22(41)16-20(2)23(19)18-26(39-28(42)24(34)11-8-14-37-32(35)36)30(44)38-25(12-6-7-13-33)29(43)40-27(31(45)46)17-21-9-4-3-5-10-21/h3-5,9-10,15-16,24-27,41H,6-8,11-14,17-18,33-34H2,1-2H3,(H,38,44)(H,39,42)(H,40,43)(H,45,46)(H4,35,36,37)/t24-,25+,26+,27+/m1/s1. The second-order valence-corrected chi connectivity index (χ2v) is 11.3. The zero-order valence-electron chi connectivity index (χ0n) is 26.5. The van der Waals surface area contributed by atoms with Gasteiger partial charge in [0, 0.05) is 19.4 Å². The number of aliphatic carboxylic acids is 1. The first kappa shape index (κ1) is 37.5. The molecule has 0 saturated heterocycles. The van der Waals surface area contributed by atoms with Crippen molar-refractivity contribution in [1.82, 2.24) is 16.0 Å². The molecule has 0 radical (unpaired) electrons. The summed E-state index contributed by atoms with van der Waals surface area (Å²) in [4.78, 5) is 56.3. The number of nitrogens with one attached hydrogen (secondary N) is 3. The van der Waals surface area contributed by atoms with E-state index in [1.165, 1.54) is 0 Å². The molecule has 2 aromatic carbocycles. The molecular weight excluding hydrogens is 592 g/mol. The van der Waals surface area contributed by atoms with Crippen LogP contribution in [0.3, 0.4) is 0 Å². The van der Waals surface area contributed by atoms with Gasteiger partial charge < -0.3 is 49.1 Å². The van der Waals surface area contributed by atoms with Crippen molar-refractivity contribution >= 4 is 29.7 Å². The topological polar surface area (TPSA) is 261 Å². The lowest BCUT2D eigenvalue weighted by Gasteiger charge is -2.26. The third-order valence-electron chi connectivity index (χ3n) is 7.50. The van der Waals surface area contributed by atoms with Crippen LogP contribution in [0.2, 0.25) is 0 Å². The summed E-state index contributed by atoms with van der Waals surface area (Å²) in [5.74, 6) is -3.15. The maximum Gasteiger partial charge on any atom is 0.326 e. The summed E-state index contributed by atoms with van der Waals surface area (Å²) in [5, 5.41) is 27.8. The molecule has 0 heterocycles. The SMILES string of the molecule is Cc1cc(O)cc(C)c1C[C@H](NC(=O)[C@H](N)CCCN=C(N)N)C(=O)N[C@@H](CCCCN)C(=O)N[C@@H](Cc1ccccc1)C(=O)O. The Kier molecular flexibility index (Phi) is 15.5. The minimum absolute atomic E-state index is 0.0408. The van der Waals surface area contributed by atoms with Gasteiger partial charge in [0.2, 0.25) is 17.7 Å². The van der Waals surface area contributed by atoms with Crippen molar-refractivity contribution < 1.29 is 29.4 Å². The van der Waals surface area contributed by atoms with Crippen LogP contribution in [0.5, 0.6) is 5.75 Å². The molecule has 0 aromatic heterocycles. The molecule has 252 valence electrons. The Bertz CT molecular complexity index is 1330. The Hall–Kier alpha value is -4.69. The number of phenols is 1. The van der Waals surface area contributed by atoms with Crippen molar-refractivity contribution in [3.05, 3.63) is 64.7 Å². The molecule has 2 rings (SSSR count). The molecule has 0 aliphatic carbocycles. The number of aliphatic imine (C=N–C) groups is 1. The first-order valence-electron chi connectivity index (χ1n) is 15.3. The fourth-order valence-electron chi connectivity index (χ4n) is 4.99. The minimum Gasteiger partial charge on any atom is -0.508 e. The number of phenolic OH excluding ortho intramolecular Hbond substituents is 1. The number of carboxylic acid groups (broad SMARTS) is 1. The zero-order chi connectivity index (χ0) is 34.2. The van der Waals surface area contributed by atoms with Crippen LogP contribution in [0.1, 0.15) is 54.4 Å². The summed E-state index contributed by atoms with van der Waals surface area (Å²) >= 11 is 0. The van der Waals surface area contributed by atoms with Crippen molar-refractivity contribution in [3.63, 3.8) is 0 Å². The van der Waals surface area contributed by atoms with Crippen molar-refractivity contribution in [2.24, 2.45) is 27.9 Å². The van der Waals surface area contributed by atoms with Crippen molar-refractivity contribution in [2.75, 3.05) is 13.1 Å². The molecule has 0 saturated carbocycles. The van der Waals surface area contributed by atoms with E-state index in [-0.39, 0.29) is 43.9 Å². The highest BCUT2D eigenvalue weighted by Gasteiger charge is 2.31. The second-order valence-electron chi connectivity index (χ2n) is 11.3. The lowest BCUT2D eigenvalue weighted by Crippen LogP contribution is -2.57. The summed E-state index contributed by atoms with van der Waals surface area (Å²) in [6, 6.07) is 7.51. The third-order valence-corrected chi connectivity index (χ3v) is 7.50. The number of aryl methyl sites for hydroxylation is 2. The molecule has 46 heavy (non-hydrogen) atoms. The molecule has 4 atom stereocenters. The monoisotopic (exact) mass is 640 g/mol. The van der Waals surface area contributed by atoms with Gasteiger partial charge in [-0.2, -0.15) is 0 Å². The van der Waals surface area contributed by atoms with Crippen LogP contribution in [-0.2, 0) is 32.0 Å². The van der Waals surface area contributed by atoms with Crippen LogP contribution >= 0.6 is 0 Å². The number of amides is 3. The average molecular weight is 641 g/mol. The molecule has 0 bridgehead atoms. The fraction of sp³-hybridized carbons (Fsp3) is 0.469. The maximum atomic E-state index is 13.8. The predicted octanol–water partition coefficient (Wildman–Crippen LogP) is -0.157. The highest BCUT2D eigenvalue weighted by molar-refractivity contribution is 5.94. The predicted molar refractivity (Wildman–Crippen MR) is 176 cm³/mol. The number of carbonyl (C=O) groups is 4. The van der Waals surface area contributed by atoms with Crippen LogP contribution < -0.4 is 38.9 Å². The van der Waals surface area contributed by atoms with Gasteiger partial charge in [0.05, 0.1) is 6.04 Å².